The number of aromatic nitrogens is 1. The molecule has 0 N–H and O–H groups in total. The molecule has 0 aliphatic rings. The summed E-state index contributed by atoms with van der Waals surface area (Å²) in [7, 11) is 3.17. The third kappa shape index (κ3) is 2.11. The van der Waals surface area contributed by atoms with E-state index in [2.05, 4.69) is 0 Å². The fraction of sp³-hybridized carbons (Fsp3) is 0.154. The third-order valence-corrected chi connectivity index (χ3v) is 3.43. The van der Waals surface area contributed by atoms with Crippen molar-refractivity contribution in [2.24, 2.45) is 7.05 Å². The number of methoxy groups -OCH3 is 1. The number of aryl methyl sites for hydroxylation is 1. The van der Waals surface area contributed by atoms with Gasteiger partial charge in [0.05, 0.1) is 28.4 Å². The van der Waals surface area contributed by atoms with Crippen LogP contribution in [0.5, 0.6) is 0 Å². The van der Waals surface area contributed by atoms with E-state index >= 15 is 0 Å². The molecule has 1 aromatic carbocycles. The van der Waals surface area contributed by atoms with Gasteiger partial charge in [0.15, 0.2) is 0 Å². The average molecular weight is 284 g/mol. The van der Waals surface area contributed by atoms with Crippen molar-refractivity contribution in [2.45, 2.75) is 0 Å². The van der Waals surface area contributed by atoms with Gasteiger partial charge in [-0.05, 0) is 6.07 Å². The Bertz CT molecular complexity index is 605. The van der Waals surface area contributed by atoms with E-state index in [0.29, 0.717) is 26.9 Å². The summed E-state index contributed by atoms with van der Waals surface area (Å²) < 4.78 is 6.54. The zero-order chi connectivity index (χ0) is 13.3. The number of rotatable bonds is 2. The summed E-state index contributed by atoms with van der Waals surface area (Å²) in [5.41, 5.74) is 1.85. The van der Waals surface area contributed by atoms with Gasteiger partial charge < -0.3 is 9.30 Å². The van der Waals surface area contributed by atoms with Gasteiger partial charge in [-0.1, -0.05) is 41.4 Å². The highest BCUT2D eigenvalue weighted by Crippen LogP contribution is 2.36. The van der Waals surface area contributed by atoms with Gasteiger partial charge in [-0.3, -0.25) is 0 Å². The van der Waals surface area contributed by atoms with E-state index in [4.69, 9.17) is 27.9 Å². The van der Waals surface area contributed by atoms with Crippen LogP contribution in [0.2, 0.25) is 10.0 Å². The molecule has 0 atom stereocenters. The Morgan fingerprint density at radius 3 is 2.50 bits per heavy atom. The van der Waals surface area contributed by atoms with Crippen LogP contribution < -0.4 is 0 Å². The Labute approximate surface area is 115 Å². The quantitative estimate of drug-likeness (QED) is 0.786. The SMILES string of the molecule is COC(=O)c1ccccc1-c1c(Cl)c(Cl)cn1C. The molecular weight excluding hydrogens is 273 g/mol. The fourth-order valence-corrected chi connectivity index (χ4v) is 2.36. The molecule has 1 heterocycles. The molecule has 2 aromatic rings. The highest BCUT2D eigenvalue weighted by Gasteiger charge is 2.19. The van der Waals surface area contributed by atoms with E-state index in [1.54, 1.807) is 22.9 Å². The molecule has 0 saturated heterocycles. The highest BCUT2D eigenvalue weighted by atomic mass is 35.5. The standard InChI is InChI=1S/C13H11Cl2NO2/c1-16-7-10(14)11(15)12(16)8-5-3-4-6-9(8)13(17)18-2/h3-7H,1-2H3. The number of halogens is 2. The summed E-state index contributed by atoms with van der Waals surface area (Å²) in [5, 5.41) is 0.879. The highest BCUT2D eigenvalue weighted by molar-refractivity contribution is 6.43. The second-order valence-corrected chi connectivity index (χ2v) is 4.57. The third-order valence-electron chi connectivity index (χ3n) is 2.66. The van der Waals surface area contributed by atoms with Crippen molar-refractivity contribution < 1.29 is 9.53 Å². The van der Waals surface area contributed by atoms with E-state index in [1.807, 2.05) is 19.2 Å². The van der Waals surface area contributed by atoms with Gasteiger partial charge >= 0.3 is 5.97 Å². The van der Waals surface area contributed by atoms with Crippen molar-refractivity contribution in [2.75, 3.05) is 7.11 Å². The lowest BCUT2D eigenvalue weighted by Gasteiger charge is -2.09. The first-order valence-corrected chi connectivity index (χ1v) is 6.00. The molecule has 0 spiro atoms. The summed E-state index contributed by atoms with van der Waals surface area (Å²) in [6.45, 7) is 0. The van der Waals surface area contributed by atoms with Gasteiger partial charge in [0, 0.05) is 18.8 Å². The Hall–Kier alpha value is -1.45. The van der Waals surface area contributed by atoms with Crippen molar-refractivity contribution in [3.8, 4) is 11.3 Å². The van der Waals surface area contributed by atoms with Crippen LogP contribution in [0.3, 0.4) is 0 Å². The topological polar surface area (TPSA) is 31.2 Å². The predicted octanol–water partition coefficient (Wildman–Crippen LogP) is 3.79. The molecule has 94 valence electrons. The number of nitrogens with zero attached hydrogens (tertiary/aromatic N) is 1. The van der Waals surface area contributed by atoms with Crippen LogP contribution in [0.15, 0.2) is 30.5 Å². The number of hydrogen-bond acceptors (Lipinski definition) is 2. The number of hydrogen-bond donors (Lipinski definition) is 0. The lowest BCUT2D eigenvalue weighted by Crippen LogP contribution is -2.04. The van der Waals surface area contributed by atoms with Crippen LogP contribution in [0.25, 0.3) is 11.3 Å². The molecule has 2 rings (SSSR count). The Balaban J connectivity index is 2.68. The largest absolute Gasteiger partial charge is 0.465 e. The molecule has 3 nitrogen and oxygen atoms in total. The van der Waals surface area contributed by atoms with E-state index in [0.717, 1.165) is 0 Å². The molecule has 0 aliphatic heterocycles. The van der Waals surface area contributed by atoms with E-state index < -0.39 is 5.97 Å². The summed E-state index contributed by atoms with van der Waals surface area (Å²) in [5.74, 6) is -0.404. The molecule has 0 amide bonds. The smallest absolute Gasteiger partial charge is 0.338 e. The number of ether oxygens (including phenoxy) is 1. The number of esters is 1. The molecular formula is C13H11Cl2NO2. The second-order valence-electron chi connectivity index (χ2n) is 3.79. The summed E-state index contributed by atoms with van der Waals surface area (Å²) in [4.78, 5) is 11.7. The summed E-state index contributed by atoms with van der Waals surface area (Å²) >= 11 is 12.1. The normalized spacial score (nSPS) is 10.4. The van der Waals surface area contributed by atoms with E-state index in [-0.39, 0.29) is 0 Å². The van der Waals surface area contributed by atoms with Gasteiger partial charge in [0.2, 0.25) is 0 Å². The minimum atomic E-state index is -0.404. The Morgan fingerprint density at radius 1 is 1.28 bits per heavy atom. The minimum Gasteiger partial charge on any atom is -0.465 e. The molecule has 0 fully saturated rings. The molecule has 0 bridgehead atoms. The van der Waals surface area contributed by atoms with Gasteiger partial charge in [-0.25, -0.2) is 4.79 Å². The van der Waals surface area contributed by atoms with Crippen LogP contribution in [-0.4, -0.2) is 17.6 Å². The first kappa shape index (κ1) is 13.0. The fourth-order valence-electron chi connectivity index (χ4n) is 1.84. The van der Waals surface area contributed by atoms with Gasteiger partial charge in [-0.15, -0.1) is 0 Å². The van der Waals surface area contributed by atoms with Crippen molar-refractivity contribution >= 4 is 29.2 Å². The van der Waals surface area contributed by atoms with Crippen molar-refractivity contribution in [3.05, 3.63) is 46.1 Å². The van der Waals surface area contributed by atoms with Crippen LogP contribution in [-0.2, 0) is 11.8 Å². The lowest BCUT2D eigenvalue weighted by atomic mass is 10.0. The molecule has 0 saturated carbocycles. The molecule has 1 aromatic heterocycles. The molecule has 18 heavy (non-hydrogen) atoms. The molecule has 5 heteroatoms. The molecule has 0 aliphatic carbocycles. The first-order valence-electron chi connectivity index (χ1n) is 5.24. The zero-order valence-corrected chi connectivity index (χ0v) is 11.4. The lowest BCUT2D eigenvalue weighted by molar-refractivity contribution is 0.0601. The first-order chi connectivity index (χ1) is 8.56. The molecule has 0 radical (unpaired) electrons. The van der Waals surface area contributed by atoms with Crippen LogP contribution in [0.4, 0.5) is 0 Å². The number of benzene rings is 1. The Morgan fingerprint density at radius 2 is 1.94 bits per heavy atom. The van der Waals surface area contributed by atoms with Gasteiger partial charge in [-0.2, -0.15) is 0 Å². The van der Waals surface area contributed by atoms with E-state index in [1.165, 1.54) is 7.11 Å². The van der Waals surface area contributed by atoms with Crippen LogP contribution in [0.1, 0.15) is 10.4 Å². The van der Waals surface area contributed by atoms with E-state index in [9.17, 15) is 4.79 Å². The number of carbonyl (C=O) groups is 1. The Kier molecular flexibility index (Phi) is 3.64. The monoisotopic (exact) mass is 283 g/mol. The van der Waals surface area contributed by atoms with Crippen LogP contribution in [0, 0.1) is 0 Å². The van der Waals surface area contributed by atoms with Crippen molar-refractivity contribution in [1.82, 2.24) is 4.57 Å². The van der Waals surface area contributed by atoms with Gasteiger partial charge in [0.1, 0.15) is 0 Å². The predicted molar refractivity (Wildman–Crippen MR) is 72.2 cm³/mol. The maximum absolute atomic E-state index is 11.7. The summed E-state index contributed by atoms with van der Waals surface area (Å²) in [6, 6.07) is 7.11. The summed E-state index contributed by atoms with van der Waals surface area (Å²) in [6.07, 6.45) is 1.70. The van der Waals surface area contributed by atoms with Crippen LogP contribution >= 0.6 is 23.2 Å². The minimum absolute atomic E-state index is 0.404. The van der Waals surface area contributed by atoms with Gasteiger partial charge in [0.25, 0.3) is 0 Å². The average Bonchev–Trinajstić information content (AvgIpc) is 2.62. The maximum atomic E-state index is 11.7. The number of carbonyl (C=O) groups excluding carboxylic acids is 1. The molecule has 0 unspecified atom stereocenters. The maximum Gasteiger partial charge on any atom is 0.338 e. The second kappa shape index (κ2) is 5.04. The van der Waals surface area contributed by atoms with Crippen molar-refractivity contribution in [1.29, 1.82) is 0 Å². The zero-order valence-electron chi connectivity index (χ0n) is 9.91. The van der Waals surface area contributed by atoms with Crippen molar-refractivity contribution in [3.63, 3.8) is 0 Å².